The molecule has 126 valence electrons. The zero-order chi connectivity index (χ0) is 16.3. The Kier molecular flexibility index (Phi) is 20.2. The number of rotatable bonds is 12. The van der Waals surface area contributed by atoms with Crippen LogP contribution in [0.25, 0.3) is 0 Å². The summed E-state index contributed by atoms with van der Waals surface area (Å²) in [4.78, 5) is 9.84. The molecule has 0 fully saturated rings. The second-order valence-electron chi connectivity index (χ2n) is 3.82. The first-order valence-electron chi connectivity index (χ1n) is 6.88. The average Bonchev–Trinajstić information content (AvgIpc) is 2.50. The van der Waals surface area contributed by atoms with Gasteiger partial charge in [0.25, 0.3) is 0 Å². The molecule has 0 aromatic carbocycles. The lowest BCUT2D eigenvalue weighted by atomic mass is 10.4. The number of carbonyl (C=O) groups excluding carboxylic acids is 1. The van der Waals surface area contributed by atoms with E-state index in [1.807, 2.05) is 0 Å². The number of hydrogen-bond acceptors (Lipinski definition) is 7. The molecule has 0 spiro atoms. The summed E-state index contributed by atoms with van der Waals surface area (Å²) >= 11 is 0. The van der Waals surface area contributed by atoms with E-state index in [1.54, 1.807) is 0 Å². The van der Waals surface area contributed by atoms with Crippen molar-refractivity contribution in [3.05, 3.63) is 12.7 Å². The summed E-state index contributed by atoms with van der Waals surface area (Å²) in [6.45, 7) is 7.08. The number of carbonyl (C=O) groups is 1. The molecule has 0 bridgehead atoms. The van der Waals surface area contributed by atoms with Crippen LogP contribution in [0.1, 0.15) is 19.8 Å². The van der Waals surface area contributed by atoms with Crippen LogP contribution in [0.4, 0.5) is 0 Å². The molecule has 0 aromatic heterocycles. The van der Waals surface area contributed by atoms with Crippen LogP contribution in [-0.2, 0) is 23.7 Å². The molecule has 0 aliphatic rings. The van der Waals surface area contributed by atoms with Crippen LogP contribution in [0, 0.1) is 0 Å². The number of ether oxygens (including phenoxy) is 4. The van der Waals surface area contributed by atoms with Gasteiger partial charge in [-0.3, -0.25) is 0 Å². The largest absolute Gasteiger partial charge is 0.466 e. The number of aliphatic hydroxyl groups excluding tert-OH is 2. The van der Waals surface area contributed by atoms with Crippen molar-refractivity contribution in [2.75, 3.05) is 46.8 Å². The first-order chi connectivity index (χ1) is 10.1. The minimum atomic E-state index is -0.852. The Morgan fingerprint density at radius 3 is 2.38 bits per heavy atom. The Morgan fingerprint density at radius 1 is 1.24 bits per heavy atom. The molecule has 0 heterocycles. The second kappa shape index (κ2) is 19.0. The van der Waals surface area contributed by atoms with E-state index in [2.05, 4.69) is 18.2 Å². The third-order valence-corrected chi connectivity index (χ3v) is 2.04. The van der Waals surface area contributed by atoms with Gasteiger partial charge in [0.05, 0.1) is 40.1 Å². The fraction of sp³-hybridized carbons (Fsp3) is 0.786. The lowest BCUT2D eigenvalue weighted by Gasteiger charge is -2.12. The molecular weight excluding hydrogens is 280 g/mol. The summed E-state index contributed by atoms with van der Waals surface area (Å²) in [5, 5.41) is 17.7. The Labute approximate surface area is 126 Å². The van der Waals surface area contributed by atoms with Gasteiger partial charge in [0, 0.05) is 12.7 Å². The Morgan fingerprint density at radius 2 is 1.90 bits per heavy atom. The smallest absolute Gasteiger partial charge is 0.329 e. The van der Waals surface area contributed by atoms with Crippen molar-refractivity contribution in [3.8, 4) is 0 Å². The lowest BCUT2D eigenvalue weighted by Crippen LogP contribution is -2.21. The predicted molar refractivity (Wildman–Crippen MR) is 77.8 cm³/mol. The van der Waals surface area contributed by atoms with Crippen LogP contribution < -0.4 is 0 Å². The van der Waals surface area contributed by atoms with Crippen molar-refractivity contribution >= 4 is 5.97 Å². The highest BCUT2D eigenvalue weighted by Gasteiger charge is 2.02. The highest BCUT2D eigenvalue weighted by Crippen LogP contribution is 1.93. The zero-order valence-electron chi connectivity index (χ0n) is 13.0. The van der Waals surface area contributed by atoms with Crippen molar-refractivity contribution in [2.45, 2.75) is 26.1 Å². The van der Waals surface area contributed by atoms with Crippen LogP contribution in [0.5, 0.6) is 0 Å². The van der Waals surface area contributed by atoms with Gasteiger partial charge in [0.2, 0.25) is 0 Å². The van der Waals surface area contributed by atoms with Crippen molar-refractivity contribution in [1.29, 1.82) is 0 Å². The monoisotopic (exact) mass is 308 g/mol. The van der Waals surface area contributed by atoms with Gasteiger partial charge in [0.1, 0.15) is 0 Å². The molecule has 0 saturated carbocycles. The highest BCUT2D eigenvalue weighted by atomic mass is 16.6. The fourth-order valence-corrected chi connectivity index (χ4v) is 0.964. The Bertz CT molecular complexity index is 233. The van der Waals surface area contributed by atoms with Crippen LogP contribution in [0.3, 0.4) is 0 Å². The molecule has 21 heavy (non-hydrogen) atoms. The van der Waals surface area contributed by atoms with Crippen LogP contribution >= 0.6 is 0 Å². The van der Waals surface area contributed by atoms with Gasteiger partial charge in [-0.1, -0.05) is 19.9 Å². The van der Waals surface area contributed by atoms with Crippen LogP contribution in [0.15, 0.2) is 12.7 Å². The summed E-state index contributed by atoms with van der Waals surface area (Å²) in [7, 11) is 1.31. The third-order valence-electron chi connectivity index (χ3n) is 2.04. The van der Waals surface area contributed by atoms with Gasteiger partial charge in [-0.2, -0.15) is 0 Å². The van der Waals surface area contributed by atoms with Gasteiger partial charge < -0.3 is 29.2 Å². The quantitative estimate of drug-likeness (QED) is 0.234. The number of unbranched alkanes of at least 4 members (excludes halogenated alkanes) is 1. The first kappa shape index (κ1) is 22.3. The van der Waals surface area contributed by atoms with Crippen molar-refractivity contribution in [3.63, 3.8) is 0 Å². The van der Waals surface area contributed by atoms with Crippen LogP contribution in [-0.4, -0.2) is 69.2 Å². The maximum absolute atomic E-state index is 9.84. The molecule has 7 nitrogen and oxygen atoms in total. The SMILES string of the molecule is C=CC(=O)OC.CCCCOC(O)COCCOCCO. The van der Waals surface area contributed by atoms with Crippen molar-refractivity contribution in [1.82, 2.24) is 0 Å². The van der Waals surface area contributed by atoms with E-state index < -0.39 is 12.3 Å². The van der Waals surface area contributed by atoms with Crippen molar-refractivity contribution in [2.24, 2.45) is 0 Å². The summed E-state index contributed by atoms with van der Waals surface area (Å²) in [5.74, 6) is -0.394. The van der Waals surface area contributed by atoms with Gasteiger partial charge in [-0.25, -0.2) is 4.79 Å². The fourth-order valence-electron chi connectivity index (χ4n) is 0.964. The number of methoxy groups -OCH3 is 1. The second-order valence-corrected chi connectivity index (χ2v) is 3.82. The number of esters is 1. The van der Waals surface area contributed by atoms with Gasteiger partial charge in [0.15, 0.2) is 6.29 Å². The Hall–Kier alpha value is -0.990. The van der Waals surface area contributed by atoms with Crippen LogP contribution in [0.2, 0.25) is 0 Å². The van der Waals surface area contributed by atoms with E-state index >= 15 is 0 Å². The molecule has 0 aliphatic heterocycles. The molecule has 1 unspecified atom stereocenters. The summed E-state index contributed by atoms with van der Waals surface area (Å²) < 4.78 is 19.3. The standard InChI is InChI=1S/C10H22O5.C4H6O2/c1-2-3-5-15-10(12)9-14-8-7-13-6-4-11;1-3-4(5)6-2/h10-12H,2-9H2,1H3;3H,1H2,2H3. The molecular formula is C14H28O7. The summed E-state index contributed by atoms with van der Waals surface area (Å²) in [6, 6.07) is 0. The molecule has 0 rings (SSSR count). The normalized spacial score (nSPS) is 11.2. The Balaban J connectivity index is 0. The molecule has 0 saturated heterocycles. The van der Waals surface area contributed by atoms with Gasteiger partial charge in [-0.05, 0) is 6.42 Å². The van der Waals surface area contributed by atoms with E-state index in [1.165, 1.54) is 7.11 Å². The predicted octanol–water partition coefficient (Wildman–Crippen LogP) is 0.492. The minimum Gasteiger partial charge on any atom is -0.466 e. The van der Waals surface area contributed by atoms with E-state index in [-0.39, 0.29) is 13.2 Å². The maximum Gasteiger partial charge on any atom is 0.329 e. The average molecular weight is 308 g/mol. The zero-order valence-corrected chi connectivity index (χ0v) is 13.0. The molecule has 0 amide bonds. The van der Waals surface area contributed by atoms with E-state index in [9.17, 15) is 9.90 Å². The van der Waals surface area contributed by atoms with Gasteiger partial charge in [-0.15, -0.1) is 0 Å². The minimum absolute atomic E-state index is 0.0166. The lowest BCUT2D eigenvalue weighted by molar-refractivity contribution is -0.141. The topological polar surface area (TPSA) is 94.5 Å². The number of hydrogen-bond donors (Lipinski definition) is 2. The molecule has 1 atom stereocenters. The number of aliphatic hydroxyl groups is 2. The third kappa shape index (κ3) is 21.5. The van der Waals surface area contributed by atoms with E-state index in [0.717, 1.165) is 18.9 Å². The summed E-state index contributed by atoms with van der Waals surface area (Å²) in [6.07, 6.45) is 2.24. The molecule has 7 heteroatoms. The maximum atomic E-state index is 9.84. The van der Waals surface area contributed by atoms with E-state index in [4.69, 9.17) is 19.3 Å². The van der Waals surface area contributed by atoms with Crippen molar-refractivity contribution < 1.29 is 34.0 Å². The molecule has 0 radical (unpaired) electrons. The highest BCUT2D eigenvalue weighted by molar-refractivity contribution is 5.80. The van der Waals surface area contributed by atoms with Gasteiger partial charge >= 0.3 is 5.97 Å². The molecule has 0 aliphatic carbocycles. The molecule has 0 aromatic rings. The molecule has 2 N–H and O–H groups in total. The van der Waals surface area contributed by atoms with E-state index in [0.29, 0.717) is 26.4 Å². The summed E-state index contributed by atoms with van der Waals surface area (Å²) in [5.41, 5.74) is 0. The first-order valence-corrected chi connectivity index (χ1v) is 6.88.